The van der Waals surface area contributed by atoms with Crippen LogP contribution in [0.25, 0.3) is 0 Å². The number of carbonyl (C=O) groups is 1. The van der Waals surface area contributed by atoms with Crippen LogP contribution in [-0.2, 0) is 6.42 Å². The van der Waals surface area contributed by atoms with Crippen molar-refractivity contribution in [3.63, 3.8) is 0 Å². The highest BCUT2D eigenvalue weighted by molar-refractivity contribution is 5.96. The minimum atomic E-state index is 0.0228. The van der Waals surface area contributed by atoms with Crippen LogP contribution in [-0.4, -0.2) is 41.1 Å². The van der Waals surface area contributed by atoms with Gasteiger partial charge in [0.25, 0.3) is 5.91 Å². The lowest BCUT2D eigenvalue weighted by atomic mass is 10.0. The molecule has 0 saturated carbocycles. The maximum atomic E-state index is 12.9. The molecule has 1 aliphatic rings. The highest BCUT2D eigenvalue weighted by Gasteiger charge is 2.32. The number of likely N-dealkylation sites (tertiary alicyclic amines) is 1. The van der Waals surface area contributed by atoms with E-state index in [0.717, 1.165) is 35.7 Å². The molecule has 0 aromatic carbocycles. The second-order valence-electron chi connectivity index (χ2n) is 6.32. The normalized spacial score (nSPS) is 17.3. The summed E-state index contributed by atoms with van der Waals surface area (Å²) in [5.74, 6) is 0.896. The second-order valence-corrected chi connectivity index (χ2v) is 6.32. The Morgan fingerprint density at radius 1 is 1.42 bits per heavy atom. The molecule has 1 aliphatic heterocycles. The quantitative estimate of drug-likeness (QED) is 0.934. The van der Waals surface area contributed by atoms with Crippen LogP contribution in [0.15, 0.2) is 16.7 Å². The number of hydrogen-bond donors (Lipinski definition) is 1. The Balaban J connectivity index is 1.79. The highest BCUT2D eigenvalue weighted by atomic mass is 16.5. The molecule has 1 unspecified atom stereocenters. The Kier molecular flexibility index (Phi) is 4.55. The van der Waals surface area contributed by atoms with Crippen LogP contribution in [0.1, 0.15) is 52.5 Å². The van der Waals surface area contributed by atoms with Gasteiger partial charge in [0.05, 0.1) is 5.69 Å². The predicted molar refractivity (Wildman–Crippen MR) is 92.4 cm³/mol. The Morgan fingerprint density at radius 3 is 2.92 bits per heavy atom. The van der Waals surface area contributed by atoms with Crippen molar-refractivity contribution in [1.29, 1.82) is 0 Å². The number of anilines is 1. The average molecular weight is 328 g/mol. The van der Waals surface area contributed by atoms with E-state index >= 15 is 0 Å². The van der Waals surface area contributed by atoms with Gasteiger partial charge in [-0.05, 0) is 38.8 Å². The lowest BCUT2D eigenvalue weighted by molar-refractivity contribution is 0.0788. The van der Waals surface area contributed by atoms with Gasteiger partial charge in [-0.2, -0.15) is 0 Å². The molecule has 0 bridgehead atoms. The van der Waals surface area contributed by atoms with E-state index in [0.29, 0.717) is 24.3 Å². The summed E-state index contributed by atoms with van der Waals surface area (Å²) in [6.07, 6.45) is 1.62. The zero-order valence-electron chi connectivity index (χ0n) is 14.7. The van der Waals surface area contributed by atoms with Gasteiger partial charge in [0.15, 0.2) is 0 Å². The molecule has 24 heavy (non-hydrogen) atoms. The van der Waals surface area contributed by atoms with Gasteiger partial charge in [-0.25, -0.2) is 0 Å². The van der Waals surface area contributed by atoms with Crippen LogP contribution in [0.4, 0.5) is 5.69 Å². The monoisotopic (exact) mass is 328 g/mol. The van der Waals surface area contributed by atoms with Crippen molar-refractivity contribution in [3.05, 3.63) is 40.5 Å². The number of pyridine rings is 1. The zero-order chi connectivity index (χ0) is 17.3. The minimum Gasteiger partial charge on any atom is -0.388 e. The molecule has 1 amide bonds. The Morgan fingerprint density at radius 2 is 2.21 bits per heavy atom. The van der Waals surface area contributed by atoms with Gasteiger partial charge in [-0.1, -0.05) is 12.1 Å². The summed E-state index contributed by atoms with van der Waals surface area (Å²) in [5.41, 5.74) is 4.47. The van der Waals surface area contributed by atoms with Crippen LogP contribution in [0.3, 0.4) is 0 Å². The van der Waals surface area contributed by atoms with Crippen molar-refractivity contribution in [1.82, 2.24) is 15.0 Å². The summed E-state index contributed by atoms with van der Waals surface area (Å²) >= 11 is 0. The molecule has 3 rings (SSSR count). The lowest BCUT2D eigenvalue weighted by Gasteiger charge is -2.17. The largest absolute Gasteiger partial charge is 0.388 e. The summed E-state index contributed by atoms with van der Waals surface area (Å²) in [6.45, 7) is 7.20. The number of carbonyl (C=O) groups excluding carboxylic acids is 1. The third-order valence-electron chi connectivity index (χ3n) is 4.64. The first-order valence-corrected chi connectivity index (χ1v) is 8.44. The first-order valence-electron chi connectivity index (χ1n) is 8.44. The molecule has 128 valence electrons. The molecule has 0 aliphatic carbocycles. The van der Waals surface area contributed by atoms with E-state index in [4.69, 9.17) is 4.52 Å². The van der Waals surface area contributed by atoms with Crippen LogP contribution in [0.5, 0.6) is 0 Å². The van der Waals surface area contributed by atoms with E-state index in [9.17, 15) is 4.79 Å². The fourth-order valence-corrected chi connectivity index (χ4v) is 3.33. The van der Waals surface area contributed by atoms with Crippen molar-refractivity contribution in [2.24, 2.45) is 0 Å². The van der Waals surface area contributed by atoms with Crippen LogP contribution in [0.2, 0.25) is 0 Å². The minimum absolute atomic E-state index is 0.0228. The molecule has 1 atom stereocenters. The number of hydrogen-bond acceptors (Lipinski definition) is 5. The highest BCUT2D eigenvalue weighted by Crippen LogP contribution is 2.29. The number of rotatable bonds is 4. The van der Waals surface area contributed by atoms with Gasteiger partial charge in [0.1, 0.15) is 11.3 Å². The van der Waals surface area contributed by atoms with E-state index in [1.807, 2.05) is 31.9 Å². The summed E-state index contributed by atoms with van der Waals surface area (Å²) < 4.78 is 5.21. The first-order chi connectivity index (χ1) is 11.5. The molecule has 6 nitrogen and oxygen atoms in total. The molecule has 0 radical (unpaired) electrons. The average Bonchev–Trinajstić information content (AvgIpc) is 3.20. The summed E-state index contributed by atoms with van der Waals surface area (Å²) in [6, 6.07) is 4.10. The van der Waals surface area contributed by atoms with E-state index in [2.05, 4.69) is 21.5 Å². The molecule has 1 saturated heterocycles. The van der Waals surface area contributed by atoms with Gasteiger partial charge in [0, 0.05) is 43.1 Å². The van der Waals surface area contributed by atoms with Crippen LogP contribution >= 0.6 is 0 Å². The molecule has 0 spiro atoms. The third kappa shape index (κ3) is 3.00. The zero-order valence-corrected chi connectivity index (χ0v) is 14.7. The van der Waals surface area contributed by atoms with E-state index in [1.54, 1.807) is 6.92 Å². The van der Waals surface area contributed by atoms with Gasteiger partial charge in [-0.15, -0.1) is 0 Å². The molecule has 2 aromatic rings. The molecule has 1 N–H and O–H groups in total. The topological polar surface area (TPSA) is 71.3 Å². The number of amides is 1. The Hall–Kier alpha value is -2.37. The van der Waals surface area contributed by atoms with Crippen molar-refractivity contribution in [3.8, 4) is 0 Å². The van der Waals surface area contributed by atoms with Gasteiger partial charge >= 0.3 is 0 Å². The molecular formula is C18H24N4O2. The SMILES string of the molecule is CCc1noc(C)c1C(=O)N1CCC(c2cc(NC)cc(C)n2)C1. The van der Waals surface area contributed by atoms with Crippen molar-refractivity contribution < 1.29 is 9.32 Å². The standard InChI is InChI=1S/C18H24N4O2/c1-5-15-17(12(3)24-21-15)18(23)22-7-6-13(10-22)16-9-14(19-4)8-11(2)20-16/h8-9,13H,5-7,10H2,1-4H3,(H,19,20). The maximum absolute atomic E-state index is 12.9. The molecule has 2 aromatic heterocycles. The Bertz CT molecular complexity index is 753. The summed E-state index contributed by atoms with van der Waals surface area (Å²) in [4.78, 5) is 19.4. The molecule has 3 heterocycles. The Labute approximate surface area is 142 Å². The number of aromatic nitrogens is 2. The number of nitrogens with one attached hydrogen (secondary N) is 1. The predicted octanol–water partition coefficient (Wildman–Crippen LogP) is 2.92. The fraction of sp³-hybridized carbons (Fsp3) is 0.500. The number of aryl methyl sites for hydroxylation is 3. The molecular weight excluding hydrogens is 304 g/mol. The van der Waals surface area contributed by atoms with Crippen molar-refractivity contribution in [2.75, 3.05) is 25.5 Å². The lowest BCUT2D eigenvalue weighted by Crippen LogP contribution is -2.29. The number of nitrogens with zero attached hydrogens (tertiary/aromatic N) is 3. The second kappa shape index (κ2) is 6.63. The van der Waals surface area contributed by atoms with E-state index in [-0.39, 0.29) is 11.8 Å². The maximum Gasteiger partial charge on any atom is 0.259 e. The first kappa shape index (κ1) is 16.5. The third-order valence-corrected chi connectivity index (χ3v) is 4.64. The van der Waals surface area contributed by atoms with Crippen LogP contribution in [0, 0.1) is 13.8 Å². The van der Waals surface area contributed by atoms with E-state index < -0.39 is 0 Å². The fourth-order valence-electron chi connectivity index (χ4n) is 3.33. The van der Waals surface area contributed by atoms with Crippen LogP contribution < -0.4 is 5.32 Å². The molecule has 6 heteroatoms. The smallest absolute Gasteiger partial charge is 0.259 e. The van der Waals surface area contributed by atoms with Gasteiger partial charge in [0.2, 0.25) is 0 Å². The van der Waals surface area contributed by atoms with Crippen molar-refractivity contribution in [2.45, 2.75) is 39.5 Å². The van der Waals surface area contributed by atoms with E-state index in [1.165, 1.54) is 0 Å². The van der Waals surface area contributed by atoms with Crippen molar-refractivity contribution >= 4 is 11.6 Å². The summed E-state index contributed by atoms with van der Waals surface area (Å²) in [7, 11) is 1.91. The van der Waals surface area contributed by atoms with Gasteiger partial charge in [-0.3, -0.25) is 9.78 Å². The van der Waals surface area contributed by atoms with Gasteiger partial charge < -0.3 is 14.7 Å². The molecule has 1 fully saturated rings. The summed E-state index contributed by atoms with van der Waals surface area (Å²) in [5, 5.41) is 7.16.